The van der Waals surface area contributed by atoms with Gasteiger partial charge in [-0.15, -0.1) is 0 Å². The monoisotopic (exact) mass is 203 g/mol. The average Bonchev–Trinajstić information content (AvgIpc) is 2.14. The van der Waals surface area contributed by atoms with Gasteiger partial charge in [-0.2, -0.15) is 0 Å². The van der Waals surface area contributed by atoms with Crippen molar-refractivity contribution in [3.05, 3.63) is 12.7 Å². The summed E-state index contributed by atoms with van der Waals surface area (Å²) in [4.78, 5) is 19.5. The topological polar surface area (TPSA) is 132 Å². The van der Waals surface area contributed by atoms with Gasteiger partial charge >= 0.3 is 5.97 Å². The van der Waals surface area contributed by atoms with Gasteiger partial charge < -0.3 is 22.3 Å². The lowest BCUT2D eigenvalue weighted by atomic mass is 10.2. The number of aliphatic carboxylic acids is 1. The molecule has 6 heteroatoms. The van der Waals surface area contributed by atoms with Crippen LogP contribution in [0.2, 0.25) is 0 Å². The lowest BCUT2D eigenvalue weighted by molar-refractivity contribution is -0.138. The Hall–Kier alpha value is -1.40. The van der Waals surface area contributed by atoms with Crippen LogP contribution in [0.5, 0.6) is 0 Å². The van der Waals surface area contributed by atoms with Crippen LogP contribution in [0.15, 0.2) is 12.7 Å². The highest BCUT2D eigenvalue weighted by molar-refractivity contribution is 5.84. The summed E-state index contributed by atoms with van der Waals surface area (Å²) in [6.45, 7) is 3.59. The molecule has 0 fully saturated rings. The molecule has 6 nitrogen and oxygen atoms in total. The quantitative estimate of drug-likeness (QED) is 0.416. The second kappa shape index (κ2) is 9.69. The van der Waals surface area contributed by atoms with E-state index in [1.54, 1.807) is 0 Å². The number of amides is 1. The molecule has 0 aliphatic heterocycles. The van der Waals surface area contributed by atoms with Crippen molar-refractivity contribution in [2.45, 2.75) is 18.9 Å². The molecular formula is C8H17N3O3. The summed E-state index contributed by atoms with van der Waals surface area (Å²) in [6, 6.07) is -0.742. The molecule has 0 aliphatic rings. The fourth-order valence-electron chi connectivity index (χ4n) is 0.461. The van der Waals surface area contributed by atoms with Gasteiger partial charge in [0.15, 0.2) is 0 Å². The first-order chi connectivity index (χ1) is 6.45. The molecule has 14 heavy (non-hydrogen) atoms. The molecular weight excluding hydrogens is 186 g/mol. The zero-order valence-corrected chi connectivity index (χ0v) is 7.98. The van der Waals surface area contributed by atoms with E-state index in [0.717, 1.165) is 6.08 Å². The number of nitrogens with two attached hydrogens (primary N) is 3. The van der Waals surface area contributed by atoms with E-state index in [4.69, 9.17) is 16.6 Å². The highest BCUT2D eigenvalue weighted by Gasteiger charge is 2.08. The standard InChI is InChI=1S/C5H12N2O2.C3H5NO/c6-3-1-2-4(7)5(8)9;1-2-3(4)5/h4H,1-3,6-7H2,(H,8,9);2H,1H2,(H2,4,5). The van der Waals surface area contributed by atoms with Crippen LogP contribution in [-0.4, -0.2) is 29.6 Å². The number of primary amides is 1. The lowest BCUT2D eigenvalue weighted by Gasteiger charge is -2.02. The van der Waals surface area contributed by atoms with Crippen LogP contribution in [0.25, 0.3) is 0 Å². The van der Waals surface area contributed by atoms with Crippen molar-refractivity contribution >= 4 is 11.9 Å². The third-order valence-corrected chi connectivity index (χ3v) is 1.24. The fourth-order valence-corrected chi connectivity index (χ4v) is 0.461. The van der Waals surface area contributed by atoms with Crippen molar-refractivity contribution in [2.24, 2.45) is 17.2 Å². The predicted molar refractivity (Wildman–Crippen MR) is 53.3 cm³/mol. The molecule has 0 saturated heterocycles. The third kappa shape index (κ3) is 13.2. The average molecular weight is 203 g/mol. The first kappa shape index (κ1) is 15.1. The van der Waals surface area contributed by atoms with E-state index in [1.165, 1.54) is 0 Å². The van der Waals surface area contributed by atoms with Gasteiger partial charge in [-0.25, -0.2) is 0 Å². The molecule has 0 aromatic heterocycles. The van der Waals surface area contributed by atoms with E-state index in [1.807, 2.05) is 0 Å². The Labute approximate surface area is 82.7 Å². The minimum absolute atomic E-state index is 0.464. The van der Waals surface area contributed by atoms with Crippen molar-refractivity contribution in [3.8, 4) is 0 Å². The van der Waals surface area contributed by atoms with Crippen LogP contribution in [-0.2, 0) is 9.59 Å². The Morgan fingerprint density at radius 2 is 1.93 bits per heavy atom. The van der Waals surface area contributed by atoms with E-state index >= 15 is 0 Å². The molecule has 0 rings (SSSR count). The molecule has 0 bridgehead atoms. The van der Waals surface area contributed by atoms with Gasteiger partial charge in [0.25, 0.3) is 0 Å². The second-order valence-electron chi connectivity index (χ2n) is 2.48. The zero-order valence-electron chi connectivity index (χ0n) is 7.98. The first-order valence-electron chi connectivity index (χ1n) is 4.06. The second-order valence-corrected chi connectivity index (χ2v) is 2.48. The molecule has 0 aliphatic carbocycles. The Morgan fingerprint density at radius 1 is 1.50 bits per heavy atom. The van der Waals surface area contributed by atoms with E-state index in [-0.39, 0.29) is 0 Å². The van der Waals surface area contributed by atoms with Crippen LogP contribution in [0.4, 0.5) is 0 Å². The summed E-state index contributed by atoms with van der Waals surface area (Å²) >= 11 is 0. The molecule has 0 saturated carbocycles. The molecule has 0 spiro atoms. The normalized spacial score (nSPS) is 10.7. The Balaban J connectivity index is 0. The van der Waals surface area contributed by atoms with Gasteiger partial charge in [0.1, 0.15) is 6.04 Å². The summed E-state index contributed by atoms with van der Waals surface area (Å²) in [5, 5.41) is 8.24. The number of hydrogen-bond acceptors (Lipinski definition) is 4. The highest BCUT2D eigenvalue weighted by atomic mass is 16.4. The van der Waals surface area contributed by atoms with Gasteiger partial charge in [-0.05, 0) is 25.5 Å². The Morgan fingerprint density at radius 3 is 2.14 bits per heavy atom. The van der Waals surface area contributed by atoms with Crippen molar-refractivity contribution in [3.63, 3.8) is 0 Å². The number of carbonyl (C=O) groups is 2. The minimum Gasteiger partial charge on any atom is -0.480 e. The van der Waals surface area contributed by atoms with Crippen LogP contribution in [0.1, 0.15) is 12.8 Å². The largest absolute Gasteiger partial charge is 0.480 e. The highest BCUT2D eigenvalue weighted by Crippen LogP contribution is 1.91. The Kier molecular flexibility index (Phi) is 10.4. The molecule has 0 aromatic rings. The van der Waals surface area contributed by atoms with E-state index < -0.39 is 17.9 Å². The van der Waals surface area contributed by atoms with E-state index in [9.17, 15) is 9.59 Å². The smallest absolute Gasteiger partial charge is 0.320 e. The van der Waals surface area contributed by atoms with Crippen LogP contribution < -0.4 is 17.2 Å². The van der Waals surface area contributed by atoms with E-state index in [2.05, 4.69) is 12.3 Å². The summed E-state index contributed by atoms with van der Waals surface area (Å²) in [7, 11) is 0. The molecule has 1 atom stereocenters. The molecule has 1 unspecified atom stereocenters. The van der Waals surface area contributed by atoms with Crippen molar-refractivity contribution < 1.29 is 14.7 Å². The third-order valence-electron chi connectivity index (χ3n) is 1.24. The van der Waals surface area contributed by atoms with Crippen molar-refractivity contribution in [1.29, 1.82) is 0 Å². The summed E-state index contributed by atoms with van der Waals surface area (Å²) in [5.41, 5.74) is 14.8. The first-order valence-corrected chi connectivity index (χ1v) is 4.06. The fraction of sp³-hybridized carbons (Fsp3) is 0.500. The van der Waals surface area contributed by atoms with Gasteiger partial charge in [-0.3, -0.25) is 9.59 Å². The molecule has 82 valence electrons. The maximum absolute atomic E-state index is 10.0. The SMILES string of the molecule is C=CC(N)=O.NCCCC(N)C(=O)O. The van der Waals surface area contributed by atoms with Crippen LogP contribution in [0, 0.1) is 0 Å². The molecule has 0 heterocycles. The van der Waals surface area contributed by atoms with Gasteiger partial charge in [-0.1, -0.05) is 6.58 Å². The van der Waals surface area contributed by atoms with E-state index in [0.29, 0.717) is 19.4 Å². The number of carboxylic acid groups (broad SMARTS) is 1. The Bertz CT molecular complexity index is 194. The van der Waals surface area contributed by atoms with Gasteiger partial charge in [0.05, 0.1) is 0 Å². The lowest BCUT2D eigenvalue weighted by Crippen LogP contribution is -2.30. The van der Waals surface area contributed by atoms with Crippen molar-refractivity contribution in [2.75, 3.05) is 6.54 Å². The van der Waals surface area contributed by atoms with Gasteiger partial charge in [0, 0.05) is 0 Å². The van der Waals surface area contributed by atoms with Gasteiger partial charge in [0.2, 0.25) is 5.91 Å². The summed E-state index contributed by atoms with van der Waals surface area (Å²) in [5.74, 6) is -1.44. The molecule has 1 amide bonds. The van der Waals surface area contributed by atoms with Crippen molar-refractivity contribution in [1.82, 2.24) is 0 Å². The number of carbonyl (C=O) groups excluding carboxylic acids is 1. The summed E-state index contributed by atoms with van der Waals surface area (Å²) < 4.78 is 0. The summed E-state index contributed by atoms with van der Waals surface area (Å²) in [6.07, 6.45) is 2.19. The molecule has 7 N–H and O–H groups in total. The number of rotatable bonds is 5. The minimum atomic E-state index is -0.955. The zero-order chi connectivity index (χ0) is 11.6. The van der Waals surface area contributed by atoms with Crippen LogP contribution >= 0.6 is 0 Å². The number of carboxylic acids is 1. The maximum atomic E-state index is 10.0. The molecule has 0 aromatic carbocycles. The maximum Gasteiger partial charge on any atom is 0.320 e. The van der Waals surface area contributed by atoms with Crippen LogP contribution in [0.3, 0.4) is 0 Å². The predicted octanol–water partition coefficient (Wildman–Crippen LogP) is -1.21. The number of hydrogen-bond donors (Lipinski definition) is 4. The molecule has 0 radical (unpaired) electrons.